The first-order valence-corrected chi connectivity index (χ1v) is 13.0. The fourth-order valence-corrected chi connectivity index (χ4v) is 6.18. The van der Waals surface area contributed by atoms with Crippen LogP contribution >= 0.6 is 23.1 Å². The highest BCUT2D eigenvalue weighted by molar-refractivity contribution is 8.00. The van der Waals surface area contributed by atoms with Gasteiger partial charge in [0.05, 0.1) is 12.8 Å². The number of alkyl halides is 1. The highest BCUT2D eigenvalue weighted by Gasteiger charge is 2.54. The van der Waals surface area contributed by atoms with E-state index in [0.29, 0.717) is 11.3 Å². The normalized spacial score (nSPS) is 19.4. The SMILES string of the molecule is Nc1nc(C(=NOCF)C(=O)N[C@@H]2C(=O)N3C(C(=O)O)=C(C[n+]4ccn5ccc(CO)c5c4)CS[C@@H]23)cs1. The molecule has 0 radical (unpaired) electrons. The van der Waals surface area contributed by atoms with Gasteiger partial charge in [-0.2, -0.15) is 4.57 Å². The molecule has 0 aromatic carbocycles. The number of nitrogens with one attached hydrogen (secondary N) is 1. The number of anilines is 1. The number of aliphatic carboxylic acids is 1. The van der Waals surface area contributed by atoms with Gasteiger partial charge in [0.1, 0.15) is 28.3 Å². The average Bonchev–Trinajstić information content (AvgIpc) is 3.52. The Morgan fingerprint density at radius 1 is 1.39 bits per heavy atom. The lowest BCUT2D eigenvalue weighted by molar-refractivity contribution is -0.688. The Morgan fingerprint density at radius 3 is 2.89 bits per heavy atom. The molecule has 2 aliphatic rings. The molecule has 0 saturated carbocycles. The van der Waals surface area contributed by atoms with Crippen LogP contribution in [0.5, 0.6) is 0 Å². The Labute approximate surface area is 222 Å². The van der Waals surface area contributed by atoms with Crippen molar-refractivity contribution in [1.29, 1.82) is 0 Å². The number of amides is 2. The molecule has 13 nitrogen and oxygen atoms in total. The summed E-state index contributed by atoms with van der Waals surface area (Å²) in [6, 6.07) is 0.755. The minimum atomic E-state index is -1.28. The molecule has 16 heteroatoms. The summed E-state index contributed by atoms with van der Waals surface area (Å²) in [4.78, 5) is 47.6. The molecule has 38 heavy (non-hydrogen) atoms. The molecule has 2 aliphatic heterocycles. The Hall–Kier alpha value is -4.02. The quantitative estimate of drug-likeness (QED) is 0.120. The predicted octanol–water partition coefficient (Wildman–Crippen LogP) is -0.156. The zero-order valence-electron chi connectivity index (χ0n) is 19.5. The van der Waals surface area contributed by atoms with E-state index in [1.165, 1.54) is 17.1 Å². The van der Waals surface area contributed by atoms with E-state index in [-0.39, 0.29) is 35.4 Å². The number of β-lactam (4-membered cyclic amide) rings is 1. The van der Waals surface area contributed by atoms with Crippen molar-refractivity contribution in [3.05, 3.63) is 58.8 Å². The maximum absolute atomic E-state index is 13.0. The number of thiazole rings is 1. The fraction of sp³-hybridized carbons (Fsp3) is 0.273. The summed E-state index contributed by atoms with van der Waals surface area (Å²) >= 11 is 2.34. The first-order chi connectivity index (χ1) is 18.3. The molecule has 1 fully saturated rings. The number of rotatable bonds is 9. The number of halogens is 1. The van der Waals surface area contributed by atoms with Crippen LogP contribution in [0.15, 0.2) is 52.7 Å². The van der Waals surface area contributed by atoms with Gasteiger partial charge in [0, 0.05) is 28.5 Å². The van der Waals surface area contributed by atoms with Crippen LogP contribution in [0.1, 0.15) is 11.3 Å². The highest BCUT2D eigenvalue weighted by Crippen LogP contribution is 2.40. The third-order valence-corrected chi connectivity index (χ3v) is 8.03. The van der Waals surface area contributed by atoms with Crippen molar-refractivity contribution < 1.29 is 38.4 Å². The minimum absolute atomic E-state index is 0.0492. The van der Waals surface area contributed by atoms with Gasteiger partial charge in [-0.15, -0.1) is 23.1 Å². The topological polar surface area (TPSA) is 176 Å². The zero-order valence-corrected chi connectivity index (χ0v) is 21.1. The molecule has 0 bridgehead atoms. The summed E-state index contributed by atoms with van der Waals surface area (Å²) < 4.78 is 16.1. The Balaban J connectivity index is 1.36. The lowest BCUT2D eigenvalue weighted by Crippen LogP contribution is -2.71. The second-order valence-corrected chi connectivity index (χ2v) is 10.3. The van der Waals surface area contributed by atoms with E-state index in [1.54, 1.807) is 29.2 Å². The number of carbonyl (C=O) groups excluding carboxylic acids is 2. The Morgan fingerprint density at radius 2 is 2.21 bits per heavy atom. The Bertz CT molecular complexity index is 1500. The van der Waals surface area contributed by atoms with E-state index < -0.39 is 36.1 Å². The first kappa shape index (κ1) is 25.6. The monoisotopic (exact) mass is 562 g/mol. The number of fused-ring (bicyclic) bond motifs is 2. The number of carboxylic acid groups (broad SMARTS) is 1. The van der Waals surface area contributed by atoms with Gasteiger partial charge < -0.3 is 30.5 Å². The van der Waals surface area contributed by atoms with Crippen LogP contribution in [0, 0.1) is 0 Å². The van der Waals surface area contributed by atoms with Crippen LogP contribution in [-0.2, 0) is 32.4 Å². The molecule has 3 aromatic heterocycles. The molecule has 1 saturated heterocycles. The molecular formula is C22H21FN7O6S2+. The van der Waals surface area contributed by atoms with Crippen LogP contribution in [0.3, 0.4) is 0 Å². The van der Waals surface area contributed by atoms with Gasteiger partial charge in [0.25, 0.3) is 18.7 Å². The smallest absolute Gasteiger partial charge is 0.352 e. The number of thioether (sulfide) groups is 1. The van der Waals surface area contributed by atoms with E-state index in [9.17, 15) is 29.0 Å². The number of carboxylic acids is 1. The molecule has 0 unspecified atom stereocenters. The van der Waals surface area contributed by atoms with Gasteiger partial charge in [-0.3, -0.25) is 14.5 Å². The number of aliphatic hydroxyl groups excluding tert-OH is 1. The van der Waals surface area contributed by atoms with E-state index in [2.05, 4.69) is 20.3 Å². The average molecular weight is 563 g/mol. The Kier molecular flexibility index (Phi) is 7.00. The predicted molar refractivity (Wildman–Crippen MR) is 133 cm³/mol. The van der Waals surface area contributed by atoms with Crippen LogP contribution in [0.4, 0.5) is 9.52 Å². The number of oxime groups is 1. The molecule has 5 N–H and O–H groups in total. The summed E-state index contributed by atoms with van der Waals surface area (Å²) in [5.74, 6) is -2.42. The lowest BCUT2D eigenvalue weighted by atomic mass is 10.0. The van der Waals surface area contributed by atoms with Gasteiger partial charge in [0.2, 0.25) is 0 Å². The van der Waals surface area contributed by atoms with Crippen LogP contribution in [0.2, 0.25) is 0 Å². The number of nitrogen functional groups attached to an aromatic ring is 1. The van der Waals surface area contributed by atoms with Gasteiger partial charge in [-0.05, 0) is 6.07 Å². The molecule has 3 aromatic rings. The van der Waals surface area contributed by atoms with Crippen molar-refractivity contribution in [3.8, 4) is 0 Å². The zero-order chi connectivity index (χ0) is 27.0. The van der Waals surface area contributed by atoms with E-state index in [1.807, 2.05) is 10.6 Å². The van der Waals surface area contributed by atoms with Crippen molar-refractivity contribution in [2.24, 2.45) is 5.16 Å². The third kappa shape index (κ3) is 4.57. The maximum atomic E-state index is 13.0. The molecule has 2 atom stereocenters. The van der Waals surface area contributed by atoms with E-state index in [4.69, 9.17) is 5.73 Å². The number of aliphatic hydroxyl groups is 1. The molecule has 198 valence electrons. The summed E-state index contributed by atoms with van der Waals surface area (Å²) in [7, 11) is 0. The molecule has 5 heterocycles. The molecular weight excluding hydrogens is 541 g/mol. The van der Waals surface area contributed by atoms with Crippen LogP contribution in [0.25, 0.3) is 5.52 Å². The van der Waals surface area contributed by atoms with E-state index in [0.717, 1.165) is 27.3 Å². The van der Waals surface area contributed by atoms with Crippen molar-refractivity contribution >= 4 is 57.2 Å². The third-order valence-electron chi connectivity index (χ3n) is 6.01. The summed E-state index contributed by atoms with van der Waals surface area (Å²) in [6.07, 6.45) is 7.16. The standard InChI is InChI=1S/C22H20FN7O6S2/c23-10-36-27-15(13-9-38-22(24)25-13)18(32)26-16-19(33)30-17(21(34)35)12(8-37-20(16)30)5-28-3-4-29-2-1-11(7-31)14(29)6-28/h1-4,6,9,16,20,31H,5,7-8,10H2,(H3-,24,25,26,32,34,35)/p+1/t16-,20+/m1/s1. The number of aromatic nitrogens is 3. The summed E-state index contributed by atoms with van der Waals surface area (Å²) in [5, 5.41) is 26.4. The summed E-state index contributed by atoms with van der Waals surface area (Å²) in [5.41, 5.74) is 7.16. The second-order valence-electron chi connectivity index (χ2n) is 8.26. The maximum Gasteiger partial charge on any atom is 0.352 e. The molecule has 0 spiro atoms. The van der Waals surface area contributed by atoms with Crippen LogP contribution < -0.4 is 15.6 Å². The molecule has 5 rings (SSSR count). The van der Waals surface area contributed by atoms with Gasteiger partial charge in [-0.25, -0.2) is 14.2 Å². The number of carbonyl (C=O) groups is 3. The van der Waals surface area contributed by atoms with Gasteiger partial charge in [-0.1, -0.05) is 5.16 Å². The van der Waals surface area contributed by atoms with Crippen molar-refractivity contribution in [2.75, 3.05) is 18.3 Å². The van der Waals surface area contributed by atoms with Crippen molar-refractivity contribution in [1.82, 2.24) is 19.6 Å². The number of nitrogens with two attached hydrogens (primary N) is 1. The van der Waals surface area contributed by atoms with Crippen LogP contribution in [-0.4, -0.2) is 72.0 Å². The van der Waals surface area contributed by atoms with Gasteiger partial charge in [0.15, 0.2) is 29.8 Å². The lowest BCUT2D eigenvalue weighted by Gasteiger charge is -2.49. The van der Waals surface area contributed by atoms with Gasteiger partial charge >= 0.3 is 5.97 Å². The fourth-order valence-electron chi connectivity index (χ4n) is 4.30. The number of hydrogen-bond donors (Lipinski definition) is 4. The number of nitrogens with zero attached hydrogens (tertiary/aromatic N) is 5. The second kappa shape index (κ2) is 10.4. The van der Waals surface area contributed by atoms with Crippen molar-refractivity contribution in [3.63, 3.8) is 0 Å². The molecule has 2 amide bonds. The summed E-state index contributed by atoms with van der Waals surface area (Å²) in [6.45, 7) is -1.21. The number of hydrogen-bond acceptors (Lipinski definition) is 10. The van der Waals surface area contributed by atoms with E-state index >= 15 is 0 Å². The largest absolute Gasteiger partial charge is 0.477 e. The molecule has 0 aliphatic carbocycles. The minimum Gasteiger partial charge on any atom is -0.477 e. The first-order valence-electron chi connectivity index (χ1n) is 11.1. The highest BCUT2D eigenvalue weighted by atomic mass is 32.2. The van der Waals surface area contributed by atoms with Crippen molar-refractivity contribution in [2.45, 2.75) is 24.6 Å².